The van der Waals surface area contributed by atoms with E-state index >= 15 is 0 Å². The zero-order valence-electron chi connectivity index (χ0n) is 16.3. The maximum Gasteiger partial charge on any atom is 0.191 e. The van der Waals surface area contributed by atoms with Gasteiger partial charge >= 0.3 is 0 Å². The number of nitrogens with zero attached hydrogens (tertiary/aromatic N) is 3. The van der Waals surface area contributed by atoms with Gasteiger partial charge in [-0.25, -0.2) is 4.98 Å². The molecular weight excluding hydrogens is 445 g/mol. The number of nitrogens with one attached hydrogen (secondary N) is 2. The van der Waals surface area contributed by atoms with Crippen LogP contribution in [-0.2, 0) is 13.0 Å². The van der Waals surface area contributed by atoms with Gasteiger partial charge in [0, 0.05) is 36.8 Å². The first-order chi connectivity index (χ1) is 11.4. The molecule has 0 amide bonds. The summed E-state index contributed by atoms with van der Waals surface area (Å²) in [5, 5.41) is 7.97. The highest BCUT2D eigenvalue weighted by atomic mass is 127. The predicted octanol–water partition coefficient (Wildman–Crippen LogP) is 3.50. The topological polar surface area (TPSA) is 52.6 Å². The van der Waals surface area contributed by atoms with Crippen LogP contribution in [0.1, 0.15) is 50.4 Å². The van der Waals surface area contributed by atoms with E-state index in [2.05, 4.69) is 53.2 Å². The van der Waals surface area contributed by atoms with Crippen molar-refractivity contribution in [3.8, 4) is 0 Å². The molecule has 25 heavy (non-hydrogen) atoms. The smallest absolute Gasteiger partial charge is 0.191 e. The number of aliphatic imine (C=N–C) groups is 1. The van der Waals surface area contributed by atoms with Gasteiger partial charge in [-0.2, -0.15) is 0 Å². The summed E-state index contributed by atoms with van der Waals surface area (Å²) >= 11 is 1.77. The zero-order valence-corrected chi connectivity index (χ0v) is 19.4. The molecule has 7 heteroatoms. The predicted molar refractivity (Wildman–Crippen MR) is 119 cm³/mol. The zero-order chi connectivity index (χ0) is 17.6. The summed E-state index contributed by atoms with van der Waals surface area (Å²) in [6.45, 7) is 13.2. The lowest BCUT2D eigenvalue weighted by molar-refractivity contribution is 0.0739. The Morgan fingerprint density at radius 2 is 2.20 bits per heavy atom. The Labute approximate surface area is 174 Å². The Balaban J connectivity index is 0.00000312. The third kappa shape index (κ3) is 7.02. The Hall–Kier alpha value is -0.410. The van der Waals surface area contributed by atoms with Crippen LogP contribution < -0.4 is 10.6 Å². The molecule has 5 nitrogen and oxygen atoms in total. The van der Waals surface area contributed by atoms with Crippen molar-refractivity contribution < 1.29 is 0 Å². The fraction of sp³-hybridized carbons (Fsp3) is 0.778. The number of rotatable bonds is 6. The first-order valence-electron chi connectivity index (χ1n) is 9.07. The molecule has 0 aliphatic carbocycles. The van der Waals surface area contributed by atoms with Crippen LogP contribution in [0, 0.1) is 5.92 Å². The molecule has 1 aliphatic heterocycles. The number of piperidine rings is 1. The minimum absolute atomic E-state index is 0. The van der Waals surface area contributed by atoms with E-state index in [1.807, 2.05) is 13.2 Å². The standard InChI is InChI=1S/C18H33N5S.HI/c1-6-15-10-20-16(24-15)11-21-17(19-5)22-13-18(3,4)23-9-7-8-14(2)12-23;/h10,14H,6-9,11-13H2,1-5H3,(H2,19,21,22);1H. The summed E-state index contributed by atoms with van der Waals surface area (Å²) < 4.78 is 0. The summed E-state index contributed by atoms with van der Waals surface area (Å²) in [5.74, 6) is 1.65. The van der Waals surface area contributed by atoms with Crippen molar-refractivity contribution in [2.75, 3.05) is 26.7 Å². The molecule has 1 aromatic heterocycles. The number of hydrogen-bond donors (Lipinski definition) is 2. The van der Waals surface area contributed by atoms with Crippen LogP contribution >= 0.6 is 35.3 Å². The Bertz CT molecular complexity index is 543. The van der Waals surface area contributed by atoms with E-state index in [0.29, 0.717) is 0 Å². The molecule has 1 fully saturated rings. The Morgan fingerprint density at radius 3 is 2.80 bits per heavy atom. The van der Waals surface area contributed by atoms with Crippen LogP contribution in [0.5, 0.6) is 0 Å². The molecule has 2 N–H and O–H groups in total. The van der Waals surface area contributed by atoms with Crippen LogP contribution in [0.3, 0.4) is 0 Å². The lowest BCUT2D eigenvalue weighted by atomic mass is 9.93. The lowest BCUT2D eigenvalue weighted by Gasteiger charge is -2.43. The van der Waals surface area contributed by atoms with E-state index in [9.17, 15) is 0 Å². The summed E-state index contributed by atoms with van der Waals surface area (Å²) in [5.41, 5.74) is 0.128. The Kier molecular flexibility index (Phi) is 9.66. The third-order valence-electron chi connectivity index (χ3n) is 4.78. The van der Waals surface area contributed by atoms with Crippen molar-refractivity contribution in [1.82, 2.24) is 20.5 Å². The molecule has 2 heterocycles. The molecule has 2 rings (SSSR count). The summed E-state index contributed by atoms with van der Waals surface area (Å²) in [4.78, 5) is 12.7. The van der Waals surface area contributed by atoms with E-state index in [0.717, 1.165) is 36.4 Å². The third-order valence-corrected chi connectivity index (χ3v) is 5.92. The maximum atomic E-state index is 4.45. The van der Waals surface area contributed by atoms with E-state index in [4.69, 9.17) is 0 Å². The van der Waals surface area contributed by atoms with Crippen molar-refractivity contribution in [2.45, 2.75) is 59.0 Å². The van der Waals surface area contributed by atoms with Crippen molar-refractivity contribution in [2.24, 2.45) is 10.9 Å². The first kappa shape index (κ1) is 22.6. The van der Waals surface area contributed by atoms with Crippen molar-refractivity contribution >= 4 is 41.3 Å². The average molecular weight is 479 g/mol. The van der Waals surface area contributed by atoms with Crippen LogP contribution in [0.25, 0.3) is 0 Å². The molecule has 1 atom stereocenters. The number of thiazole rings is 1. The molecule has 0 spiro atoms. The molecule has 1 aromatic rings. The van der Waals surface area contributed by atoms with Crippen LogP contribution in [-0.4, -0.2) is 48.1 Å². The average Bonchev–Trinajstić information content (AvgIpc) is 3.03. The lowest BCUT2D eigenvalue weighted by Crippen LogP contribution is -2.55. The van der Waals surface area contributed by atoms with E-state index in [-0.39, 0.29) is 29.5 Å². The number of aryl methyl sites for hydroxylation is 1. The normalized spacial score (nSPS) is 19.4. The second-order valence-corrected chi connectivity index (χ2v) is 8.56. The van der Waals surface area contributed by atoms with Crippen molar-refractivity contribution in [3.63, 3.8) is 0 Å². The Morgan fingerprint density at radius 1 is 1.44 bits per heavy atom. The quantitative estimate of drug-likeness (QED) is 0.373. The fourth-order valence-corrected chi connectivity index (χ4v) is 3.93. The molecule has 1 saturated heterocycles. The molecule has 0 radical (unpaired) electrons. The second-order valence-electron chi connectivity index (χ2n) is 7.36. The molecular formula is C18H34IN5S. The highest BCUT2D eigenvalue weighted by Gasteiger charge is 2.30. The fourth-order valence-electron chi connectivity index (χ4n) is 3.12. The van der Waals surface area contributed by atoms with Gasteiger partial charge in [-0.3, -0.25) is 9.89 Å². The van der Waals surface area contributed by atoms with Crippen molar-refractivity contribution in [3.05, 3.63) is 16.1 Å². The van der Waals surface area contributed by atoms with E-state index in [1.54, 1.807) is 11.3 Å². The minimum Gasteiger partial charge on any atom is -0.355 e. The summed E-state index contributed by atoms with van der Waals surface area (Å²) in [7, 11) is 1.82. The number of halogens is 1. The van der Waals surface area contributed by atoms with Gasteiger partial charge in [-0.1, -0.05) is 13.8 Å². The van der Waals surface area contributed by atoms with Crippen molar-refractivity contribution in [1.29, 1.82) is 0 Å². The van der Waals surface area contributed by atoms with Gasteiger partial charge in [0.15, 0.2) is 5.96 Å². The van der Waals surface area contributed by atoms with Crippen LogP contribution in [0.4, 0.5) is 0 Å². The molecule has 0 aromatic carbocycles. The molecule has 0 saturated carbocycles. The number of hydrogen-bond acceptors (Lipinski definition) is 4. The van der Waals surface area contributed by atoms with Gasteiger partial charge < -0.3 is 10.6 Å². The molecule has 144 valence electrons. The maximum absolute atomic E-state index is 4.45. The highest BCUT2D eigenvalue weighted by Crippen LogP contribution is 2.23. The second kappa shape index (κ2) is 10.7. The van der Waals surface area contributed by atoms with Gasteiger partial charge in [-0.05, 0) is 45.6 Å². The van der Waals surface area contributed by atoms with Gasteiger partial charge in [0.05, 0.1) is 6.54 Å². The van der Waals surface area contributed by atoms with Crippen LogP contribution in [0.2, 0.25) is 0 Å². The number of aromatic nitrogens is 1. The van der Waals surface area contributed by atoms with Crippen LogP contribution in [0.15, 0.2) is 11.2 Å². The SMILES string of the molecule is CCc1cnc(CNC(=NC)NCC(C)(C)N2CCCC(C)C2)s1.I. The molecule has 1 unspecified atom stereocenters. The van der Waals surface area contributed by atoms with E-state index < -0.39 is 0 Å². The number of likely N-dealkylation sites (tertiary alicyclic amines) is 1. The summed E-state index contributed by atoms with van der Waals surface area (Å²) in [6, 6.07) is 0. The largest absolute Gasteiger partial charge is 0.355 e. The van der Waals surface area contributed by atoms with Gasteiger partial charge in [0.25, 0.3) is 0 Å². The van der Waals surface area contributed by atoms with Gasteiger partial charge in [0.2, 0.25) is 0 Å². The monoisotopic (exact) mass is 479 g/mol. The minimum atomic E-state index is 0. The number of guanidine groups is 1. The van der Waals surface area contributed by atoms with Gasteiger partial charge in [0.1, 0.15) is 5.01 Å². The molecule has 0 bridgehead atoms. The molecule has 1 aliphatic rings. The first-order valence-corrected chi connectivity index (χ1v) is 9.89. The van der Waals surface area contributed by atoms with E-state index in [1.165, 1.54) is 30.8 Å². The summed E-state index contributed by atoms with van der Waals surface area (Å²) in [6.07, 6.45) is 5.68. The van der Waals surface area contributed by atoms with Gasteiger partial charge in [-0.15, -0.1) is 35.3 Å². The highest BCUT2D eigenvalue weighted by molar-refractivity contribution is 14.0.